The van der Waals surface area contributed by atoms with Gasteiger partial charge in [0, 0.05) is 23.8 Å². The number of aromatic nitrogens is 3. The Kier molecular flexibility index (Phi) is 4.81. The van der Waals surface area contributed by atoms with E-state index in [4.69, 9.17) is 0 Å². The summed E-state index contributed by atoms with van der Waals surface area (Å²) in [6, 6.07) is 7.61. The number of aromatic amines is 1. The first kappa shape index (κ1) is 19.4. The predicted octanol–water partition coefficient (Wildman–Crippen LogP) is 2.19. The second kappa shape index (κ2) is 6.96. The van der Waals surface area contributed by atoms with E-state index in [2.05, 4.69) is 9.97 Å². The molecular weight excluding hydrogens is 401 g/mol. The number of carbonyl (C=O) groups is 1. The minimum Gasteiger partial charge on any atom is -0.321 e. The van der Waals surface area contributed by atoms with Crippen molar-refractivity contribution >= 4 is 21.6 Å². The largest absolute Gasteiger partial charge is 0.516 e. The lowest BCUT2D eigenvalue weighted by molar-refractivity contribution is -0.0429. The Balaban J connectivity index is 1.84. The molecule has 3 aromatic rings. The van der Waals surface area contributed by atoms with Gasteiger partial charge in [-0.2, -0.15) is 21.6 Å². The average Bonchev–Trinajstić information content (AvgIpc) is 3.15. The number of H-pyrrole nitrogens is 1. The highest BCUT2D eigenvalue weighted by atomic mass is 32.2. The molecule has 2 heterocycles. The number of halogens is 3. The molecule has 0 spiro atoms. The summed E-state index contributed by atoms with van der Waals surface area (Å²) in [5, 5.41) is 0. The average molecular weight is 412 g/mol. The lowest BCUT2D eigenvalue weighted by Gasteiger charge is -2.11. The molecule has 12 heteroatoms. The number of hydrogen-bond donors (Lipinski definition) is 2. The van der Waals surface area contributed by atoms with E-state index < -0.39 is 27.0 Å². The van der Waals surface area contributed by atoms with Gasteiger partial charge in [-0.25, -0.2) is 4.98 Å². The fraction of sp³-hybridized carbons (Fsp3) is 0.0625. The van der Waals surface area contributed by atoms with E-state index in [0.29, 0.717) is 5.56 Å². The summed E-state index contributed by atoms with van der Waals surface area (Å²) in [6.45, 7) is 0. The van der Waals surface area contributed by atoms with E-state index in [0.717, 1.165) is 16.7 Å². The SMILES string of the molecule is O=C(c1ccc(-c2ccc(NS(=O)(=O)C(F)(F)F)cc2)[nH]c1=O)n1ccnc1. The van der Waals surface area contributed by atoms with Crippen molar-refractivity contribution in [3.05, 3.63) is 71.0 Å². The molecule has 0 fully saturated rings. The van der Waals surface area contributed by atoms with Crippen LogP contribution >= 0.6 is 0 Å². The number of nitrogens with zero attached hydrogens (tertiary/aromatic N) is 2. The van der Waals surface area contributed by atoms with Crippen LogP contribution in [0.2, 0.25) is 0 Å². The van der Waals surface area contributed by atoms with Crippen molar-refractivity contribution in [1.29, 1.82) is 0 Å². The number of benzene rings is 1. The van der Waals surface area contributed by atoms with E-state index in [-0.39, 0.29) is 16.9 Å². The van der Waals surface area contributed by atoms with E-state index in [9.17, 15) is 31.2 Å². The molecule has 0 aliphatic carbocycles. The molecule has 0 atom stereocenters. The number of sulfonamides is 1. The fourth-order valence-electron chi connectivity index (χ4n) is 2.26. The first-order valence-electron chi connectivity index (χ1n) is 7.54. The monoisotopic (exact) mass is 412 g/mol. The Bertz CT molecular complexity index is 1170. The van der Waals surface area contributed by atoms with E-state index in [1.54, 1.807) is 0 Å². The van der Waals surface area contributed by atoms with E-state index in [1.165, 1.54) is 47.7 Å². The van der Waals surface area contributed by atoms with Gasteiger partial charge in [0.15, 0.2) is 0 Å². The van der Waals surface area contributed by atoms with Gasteiger partial charge in [-0.15, -0.1) is 0 Å². The molecule has 146 valence electrons. The molecule has 0 unspecified atom stereocenters. The van der Waals surface area contributed by atoms with Gasteiger partial charge < -0.3 is 4.98 Å². The molecule has 8 nitrogen and oxygen atoms in total. The van der Waals surface area contributed by atoms with Crippen molar-refractivity contribution in [1.82, 2.24) is 14.5 Å². The second-order valence-electron chi connectivity index (χ2n) is 5.52. The molecule has 0 radical (unpaired) electrons. The lowest BCUT2D eigenvalue weighted by atomic mass is 10.1. The number of rotatable bonds is 4. The van der Waals surface area contributed by atoms with Gasteiger partial charge in [-0.1, -0.05) is 12.1 Å². The maximum Gasteiger partial charge on any atom is 0.516 e. The standard InChI is InChI=1S/C16H11F3N4O4S/c17-16(18,19)28(26,27)22-11-3-1-10(2-4-11)13-6-5-12(14(24)21-13)15(25)23-8-7-20-9-23/h1-9,22H,(H,21,24). The minimum atomic E-state index is -5.52. The maximum atomic E-state index is 12.4. The first-order chi connectivity index (χ1) is 13.1. The van der Waals surface area contributed by atoms with Crippen LogP contribution in [0, 0.1) is 0 Å². The summed E-state index contributed by atoms with van der Waals surface area (Å²) in [5.41, 5.74) is -5.84. The van der Waals surface area contributed by atoms with Gasteiger partial charge in [0.1, 0.15) is 11.9 Å². The van der Waals surface area contributed by atoms with Crippen LogP contribution in [0.4, 0.5) is 18.9 Å². The van der Waals surface area contributed by atoms with E-state index >= 15 is 0 Å². The van der Waals surface area contributed by atoms with E-state index in [1.807, 2.05) is 0 Å². The summed E-state index contributed by atoms with van der Waals surface area (Å²) in [7, 11) is -5.52. The fourth-order valence-corrected chi connectivity index (χ4v) is 2.82. The number of carbonyl (C=O) groups excluding carboxylic acids is 1. The van der Waals surface area contributed by atoms with Crippen LogP contribution < -0.4 is 10.3 Å². The second-order valence-corrected chi connectivity index (χ2v) is 7.19. The molecule has 28 heavy (non-hydrogen) atoms. The van der Waals surface area contributed by atoms with Crippen LogP contribution in [0.25, 0.3) is 11.3 Å². The Labute approximate surface area is 155 Å². The van der Waals surface area contributed by atoms with Gasteiger partial charge in [0.25, 0.3) is 11.5 Å². The number of anilines is 1. The third kappa shape index (κ3) is 3.81. The topological polar surface area (TPSA) is 114 Å². The summed E-state index contributed by atoms with van der Waals surface area (Å²) >= 11 is 0. The quantitative estimate of drug-likeness (QED) is 0.682. The molecular formula is C16H11F3N4O4S. The zero-order valence-electron chi connectivity index (χ0n) is 13.8. The molecule has 2 N–H and O–H groups in total. The Hall–Kier alpha value is -3.41. The summed E-state index contributed by atoms with van der Waals surface area (Å²) < 4.78 is 61.9. The van der Waals surface area contributed by atoms with Crippen molar-refractivity contribution in [2.45, 2.75) is 5.51 Å². The van der Waals surface area contributed by atoms with Gasteiger partial charge in [-0.05, 0) is 29.8 Å². The first-order valence-corrected chi connectivity index (χ1v) is 9.02. The minimum absolute atomic E-state index is 0.128. The van der Waals surface area contributed by atoms with Gasteiger partial charge in [0.2, 0.25) is 0 Å². The van der Waals surface area contributed by atoms with Crippen LogP contribution in [0.15, 0.2) is 59.9 Å². The molecule has 3 rings (SSSR count). The third-order valence-electron chi connectivity index (χ3n) is 3.63. The molecule has 1 aromatic carbocycles. The Morgan fingerprint density at radius 2 is 1.79 bits per heavy atom. The molecule has 0 amide bonds. The van der Waals surface area contributed by atoms with Gasteiger partial charge >= 0.3 is 15.5 Å². The van der Waals surface area contributed by atoms with Crippen LogP contribution in [0.5, 0.6) is 0 Å². The summed E-state index contributed by atoms with van der Waals surface area (Å²) in [6.07, 6.45) is 4.02. The maximum absolute atomic E-state index is 12.4. The highest BCUT2D eigenvalue weighted by molar-refractivity contribution is 7.93. The highest BCUT2D eigenvalue weighted by Gasteiger charge is 2.46. The molecule has 0 saturated carbocycles. The zero-order valence-corrected chi connectivity index (χ0v) is 14.6. The molecule has 0 saturated heterocycles. The van der Waals surface area contributed by atoms with Crippen molar-refractivity contribution in [3.8, 4) is 11.3 Å². The van der Waals surface area contributed by atoms with Crippen LogP contribution in [-0.4, -0.2) is 34.4 Å². The summed E-state index contributed by atoms with van der Waals surface area (Å²) in [5.74, 6) is -0.581. The molecule has 0 bridgehead atoms. The molecule has 0 aliphatic rings. The van der Waals surface area contributed by atoms with Crippen molar-refractivity contribution < 1.29 is 26.4 Å². The predicted molar refractivity (Wildman–Crippen MR) is 93.1 cm³/mol. The number of pyridine rings is 1. The smallest absolute Gasteiger partial charge is 0.321 e. The molecule has 0 aliphatic heterocycles. The number of hydrogen-bond acceptors (Lipinski definition) is 5. The summed E-state index contributed by atoms with van der Waals surface area (Å²) in [4.78, 5) is 30.6. The van der Waals surface area contributed by atoms with Crippen LogP contribution in [0.1, 0.15) is 10.4 Å². The van der Waals surface area contributed by atoms with Crippen LogP contribution in [0.3, 0.4) is 0 Å². The van der Waals surface area contributed by atoms with Crippen molar-refractivity contribution in [2.75, 3.05) is 4.72 Å². The van der Waals surface area contributed by atoms with Crippen molar-refractivity contribution in [2.24, 2.45) is 0 Å². The number of alkyl halides is 3. The molecule has 2 aromatic heterocycles. The third-order valence-corrected chi connectivity index (χ3v) is 4.75. The number of imidazole rings is 1. The lowest BCUT2D eigenvalue weighted by Crippen LogP contribution is -2.29. The Morgan fingerprint density at radius 3 is 2.32 bits per heavy atom. The zero-order chi connectivity index (χ0) is 20.5. The van der Waals surface area contributed by atoms with Gasteiger partial charge in [0.05, 0.1) is 0 Å². The van der Waals surface area contributed by atoms with Crippen molar-refractivity contribution in [3.63, 3.8) is 0 Å². The normalized spacial score (nSPS) is 12.0. The van der Waals surface area contributed by atoms with Crippen LogP contribution in [-0.2, 0) is 10.0 Å². The number of nitrogens with one attached hydrogen (secondary N) is 2. The highest BCUT2D eigenvalue weighted by Crippen LogP contribution is 2.26. The Morgan fingerprint density at radius 1 is 1.11 bits per heavy atom. The van der Waals surface area contributed by atoms with Gasteiger partial charge in [-0.3, -0.25) is 18.9 Å².